The topological polar surface area (TPSA) is 95.9 Å². The number of aromatic nitrogens is 2. The smallest absolute Gasteiger partial charge is 0.408 e. The summed E-state index contributed by atoms with van der Waals surface area (Å²) in [5.74, 6) is -0.891. The zero-order chi connectivity index (χ0) is 16.9. The summed E-state index contributed by atoms with van der Waals surface area (Å²) in [5.41, 5.74) is 1.80. The number of hydrogen-bond donors (Lipinski definition) is 2. The molecule has 2 aromatic heterocycles. The van der Waals surface area contributed by atoms with Crippen LogP contribution in [0.1, 0.15) is 5.56 Å². The number of nitrogens with one attached hydrogen (secondary N) is 2. The molecule has 4 aromatic rings. The minimum absolute atomic E-state index is 0.184. The second-order valence-electron chi connectivity index (χ2n) is 5.41. The molecule has 0 fully saturated rings. The van der Waals surface area contributed by atoms with Crippen LogP contribution in [0.15, 0.2) is 56.7 Å². The monoisotopic (exact) mass is 362 g/mol. The van der Waals surface area contributed by atoms with Crippen LogP contribution in [0, 0.1) is 0 Å². The third kappa shape index (κ3) is 2.42. The average Bonchev–Trinajstić information content (AvgIpc) is 3.10. The van der Waals surface area contributed by atoms with Gasteiger partial charge in [0.1, 0.15) is 0 Å². The largest absolute Gasteiger partial charge is 0.417 e. The second-order valence-corrected chi connectivity index (χ2v) is 7.80. The number of aromatic amines is 2. The Morgan fingerprint density at radius 1 is 1.12 bits per heavy atom. The Labute approximate surface area is 141 Å². The molecule has 0 amide bonds. The molecule has 0 unspecified atom stereocenters. The van der Waals surface area contributed by atoms with Crippen LogP contribution in [0.3, 0.4) is 0 Å². The number of halogens is 1. The predicted molar refractivity (Wildman–Crippen MR) is 91.0 cm³/mol. The molecular weight excluding hydrogens is 352 g/mol. The molecule has 2 N–H and O–H groups in total. The number of H-pyrrole nitrogens is 2. The zero-order valence-corrected chi connectivity index (χ0v) is 13.7. The van der Waals surface area contributed by atoms with Gasteiger partial charge >= 0.3 is 5.76 Å². The maximum absolute atomic E-state index is 12.8. The van der Waals surface area contributed by atoms with Gasteiger partial charge in [0.05, 0.1) is 16.2 Å². The molecule has 0 spiro atoms. The van der Waals surface area contributed by atoms with Gasteiger partial charge in [0, 0.05) is 27.7 Å². The summed E-state index contributed by atoms with van der Waals surface area (Å²) in [6, 6.07) is 9.93. The SMILES string of the molecule is O=c1[nH]c2cccc(CS(=O)(=O)c3c[nH]c4cc(Cl)ccc34)c2o1. The molecule has 2 heterocycles. The zero-order valence-electron chi connectivity index (χ0n) is 12.2. The van der Waals surface area contributed by atoms with Crippen LogP contribution in [-0.2, 0) is 15.6 Å². The summed E-state index contributed by atoms with van der Waals surface area (Å²) in [6.45, 7) is 0. The van der Waals surface area contributed by atoms with E-state index in [2.05, 4.69) is 9.97 Å². The van der Waals surface area contributed by atoms with Gasteiger partial charge in [-0.3, -0.25) is 4.98 Å². The standard InChI is InChI=1S/C16H11ClN2O4S/c17-10-4-5-11-13(6-10)18-7-14(11)24(21,22)8-9-2-1-3-12-15(9)23-16(20)19-12/h1-7,18H,8H2,(H,19,20). The fraction of sp³-hybridized carbons (Fsp3) is 0.0625. The van der Waals surface area contributed by atoms with Gasteiger partial charge in [0.25, 0.3) is 0 Å². The van der Waals surface area contributed by atoms with Gasteiger partial charge in [-0.25, -0.2) is 13.2 Å². The normalized spacial score (nSPS) is 12.2. The first-order valence-electron chi connectivity index (χ1n) is 7.04. The van der Waals surface area contributed by atoms with Crippen LogP contribution in [0.5, 0.6) is 0 Å². The summed E-state index contributed by atoms with van der Waals surface area (Å²) < 4.78 is 30.7. The van der Waals surface area contributed by atoms with Crippen LogP contribution >= 0.6 is 11.6 Å². The molecule has 6 nitrogen and oxygen atoms in total. The molecule has 0 radical (unpaired) electrons. The van der Waals surface area contributed by atoms with Crippen molar-refractivity contribution in [1.29, 1.82) is 0 Å². The number of para-hydroxylation sites is 1. The summed E-state index contributed by atoms with van der Waals surface area (Å²) in [7, 11) is -3.64. The van der Waals surface area contributed by atoms with Crippen LogP contribution in [0.2, 0.25) is 5.02 Å². The fourth-order valence-electron chi connectivity index (χ4n) is 2.76. The maximum atomic E-state index is 12.8. The highest BCUT2D eigenvalue weighted by atomic mass is 35.5. The third-order valence-electron chi connectivity index (χ3n) is 3.81. The minimum atomic E-state index is -3.64. The van der Waals surface area contributed by atoms with Gasteiger partial charge in [-0.15, -0.1) is 0 Å². The lowest BCUT2D eigenvalue weighted by molar-refractivity contribution is 0.552. The van der Waals surface area contributed by atoms with Crippen molar-refractivity contribution in [1.82, 2.24) is 9.97 Å². The molecule has 2 aromatic carbocycles. The van der Waals surface area contributed by atoms with Gasteiger partial charge in [-0.1, -0.05) is 29.8 Å². The summed E-state index contributed by atoms with van der Waals surface area (Å²) >= 11 is 5.92. The van der Waals surface area contributed by atoms with E-state index in [1.54, 1.807) is 36.4 Å². The number of sulfone groups is 1. The van der Waals surface area contributed by atoms with Crippen molar-refractivity contribution in [2.45, 2.75) is 10.6 Å². The van der Waals surface area contributed by atoms with Crippen LogP contribution in [0.4, 0.5) is 0 Å². The molecule has 0 atom stereocenters. The Balaban J connectivity index is 1.83. The van der Waals surface area contributed by atoms with Crippen molar-refractivity contribution in [2.24, 2.45) is 0 Å². The lowest BCUT2D eigenvalue weighted by atomic mass is 10.2. The molecule has 0 saturated heterocycles. The lowest BCUT2D eigenvalue weighted by Crippen LogP contribution is -2.04. The number of rotatable bonds is 3. The predicted octanol–water partition coefficient (Wildman–Crippen LogP) is 3.23. The van der Waals surface area contributed by atoms with E-state index >= 15 is 0 Å². The Morgan fingerprint density at radius 2 is 1.96 bits per heavy atom. The summed E-state index contributed by atoms with van der Waals surface area (Å²) in [5, 5.41) is 1.09. The van der Waals surface area contributed by atoms with Gasteiger partial charge in [-0.05, 0) is 18.2 Å². The first kappa shape index (κ1) is 15.0. The highest BCUT2D eigenvalue weighted by Crippen LogP contribution is 2.29. The van der Waals surface area contributed by atoms with E-state index in [9.17, 15) is 13.2 Å². The Hall–Kier alpha value is -2.51. The molecule has 8 heteroatoms. The van der Waals surface area contributed by atoms with Gasteiger partial charge in [0.2, 0.25) is 0 Å². The van der Waals surface area contributed by atoms with Crippen molar-refractivity contribution >= 4 is 43.4 Å². The van der Waals surface area contributed by atoms with Crippen LogP contribution in [-0.4, -0.2) is 18.4 Å². The van der Waals surface area contributed by atoms with Crippen molar-refractivity contribution < 1.29 is 12.8 Å². The number of benzene rings is 2. The van der Waals surface area contributed by atoms with Crippen LogP contribution < -0.4 is 5.76 Å². The van der Waals surface area contributed by atoms with Crippen molar-refractivity contribution in [3.8, 4) is 0 Å². The lowest BCUT2D eigenvalue weighted by Gasteiger charge is -2.04. The maximum Gasteiger partial charge on any atom is 0.417 e. The van der Waals surface area contributed by atoms with Crippen molar-refractivity contribution in [3.05, 3.63) is 63.7 Å². The molecule has 0 aliphatic rings. The van der Waals surface area contributed by atoms with E-state index in [0.29, 0.717) is 27.0 Å². The third-order valence-corrected chi connectivity index (χ3v) is 5.75. The van der Waals surface area contributed by atoms with Crippen molar-refractivity contribution in [3.63, 3.8) is 0 Å². The average molecular weight is 363 g/mol. The van der Waals surface area contributed by atoms with E-state index in [0.717, 1.165) is 0 Å². The highest BCUT2D eigenvalue weighted by Gasteiger charge is 2.22. The van der Waals surface area contributed by atoms with E-state index in [-0.39, 0.29) is 16.2 Å². The quantitative estimate of drug-likeness (QED) is 0.584. The van der Waals surface area contributed by atoms with E-state index < -0.39 is 15.6 Å². The first-order valence-corrected chi connectivity index (χ1v) is 9.07. The van der Waals surface area contributed by atoms with E-state index in [4.69, 9.17) is 16.0 Å². The molecule has 122 valence electrons. The van der Waals surface area contributed by atoms with Gasteiger partial charge < -0.3 is 9.40 Å². The van der Waals surface area contributed by atoms with Gasteiger partial charge in [-0.2, -0.15) is 0 Å². The van der Waals surface area contributed by atoms with Crippen LogP contribution in [0.25, 0.3) is 22.0 Å². The Morgan fingerprint density at radius 3 is 2.79 bits per heavy atom. The number of hydrogen-bond acceptors (Lipinski definition) is 4. The number of oxazole rings is 1. The van der Waals surface area contributed by atoms with E-state index in [1.165, 1.54) is 6.20 Å². The first-order chi connectivity index (χ1) is 11.4. The molecule has 0 aliphatic carbocycles. The fourth-order valence-corrected chi connectivity index (χ4v) is 4.47. The number of fused-ring (bicyclic) bond motifs is 2. The van der Waals surface area contributed by atoms with Crippen molar-refractivity contribution in [2.75, 3.05) is 0 Å². The second kappa shape index (κ2) is 5.25. The molecule has 0 aliphatic heterocycles. The highest BCUT2D eigenvalue weighted by molar-refractivity contribution is 7.90. The minimum Gasteiger partial charge on any atom is -0.408 e. The summed E-state index contributed by atoms with van der Waals surface area (Å²) in [6.07, 6.45) is 1.45. The molecule has 0 saturated carbocycles. The molecule has 24 heavy (non-hydrogen) atoms. The molecular formula is C16H11ClN2O4S. The Bertz CT molecular complexity index is 1230. The molecule has 0 bridgehead atoms. The Kier molecular flexibility index (Phi) is 3.29. The molecule has 4 rings (SSSR count). The summed E-state index contributed by atoms with van der Waals surface area (Å²) in [4.78, 5) is 17.0. The van der Waals surface area contributed by atoms with Gasteiger partial charge in [0.15, 0.2) is 15.4 Å². The van der Waals surface area contributed by atoms with E-state index in [1.807, 2.05) is 0 Å².